The molecule has 0 amide bonds. The van der Waals surface area contributed by atoms with Crippen LogP contribution in [0.2, 0.25) is 0 Å². The van der Waals surface area contributed by atoms with Gasteiger partial charge in [-0.05, 0) is 30.5 Å². The summed E-state index contributed by atoms with van der Waals surface area (Å²) in [6.07, 6.45) is 0.0135. The molecular weight excluding hydrogens is 224 g/mol. The number of fused-ring (bicyclic) bond motifs is 1. The van der Waals surface area contributed by atoms with E-state index in [0.717, 1.165) is 11.3 Å². The highest BCUT2D eigenvalue weighted by Gasteiger charge is 2.14. The first-order valence-corrected chi connectivity index (χ1v) is 5.43. The van der Waals surface area contributed by atoms with Crippen molar-refractivity contribution in [3.63, 3.8) is 0 Å². The number of carboxylic acids is 1. The third-order valence-corrected chi connectivity index (χ3v) is 2.61. The Hall–Kier alpha value is -1.75. The Morgan fingerprint density at radius 1 is 1.35 bits per heavy atom. The van der Waals surface area contributed by atoms with Gasteiger partial charge in [0.25, 0.3) is 0 Å². The summed E-state index contributed by atoms with van der Waals surface area (Å²) in [7, 11) is 0. The minimum atomic E-state index is -0.983. The molecule has 1 heterocycles. The van der Waals surface area contributed by atoms with Gasteiger partial charge in [-0.3, -0.25) is 4.79 Å². The molecule has 5 nitrogen and oxygen atoms in total. The molecule has 1 aromatic rings. The minimum absolute atomic E-state index is 0.218. The van der Waals surface area contributed by atoms with Gasteiger partial charge in [0.15, 0.2) is 11.5 Å². The molecule has 0 fully saturated rings. The van der Waals surface area contributed by atoms with Crippen molar-refractivity contribution in [1.82, 2.24) is 0 Å². The lowest BCUT2D eigenvalue weighted by molar-refractivity contribution is -0.139. The molecule has 2 N–H and O–H groups in total. The first-order valence-electron chi connectivity index (χ1n) is 5.43. The zero-order valence-electron chi connectivity index (χ0n) is 9.26. The van der Waals surface area contributed by atoms with Crippen LogP contribution in [0.4, 0.5) is 0 Å². The number of aliphatic hydroxyl groups excluding tert-OH is 1. The van der Waals surface area contributed by atoms with E-state index in [1.807, 2.05) is 18.2 Å². The maximum Gasteiger partial charge on any atom is 0.305 e. The quantitative estimate of drug-likeness (QED) is 0.805. The molecule has 92 valence electrons. The van der Waals surface area contributed by atoms with Crippen LogP contribution >= 0.6 is 0 Å². The molecule has 2 rings (SSSR count). The molecule has 1 aromatic carbocycles. The lowest BCUT2D eigenvalue weighted by atomic mass is 10.0. The Morgan fingerprint density at radius 2 is 2.12 bits per heavy atom. The summed E-state index contributed by atoms with van der Waals surface area (Å²) in [5.41, 5.74) is 0.999. The number of hydrogen-bond donors (Lipinski definition) is 2. The van der Waals surface area contributed by atoms with E-state index >= 15 is 0 Å². The molecule has 1 aliphatic heterocycles. The van der Waals surface area contributed by atoms with Crippen molar-refractivity contribution in [1.29, 1.82) is 0 Å². The Kier molecular flexibility index (Phi) is 3.49. The van der Waals surface area contributed by atoms with Crippen molar-refractivity contribution in [3.05, 3.63) is 23.8 Å². The summed E-state index contributed by atoms with van der Waals surface area (Å²) < 4.78 is 10.4. The lowest BCUT2D eigenvalue weighted by Gasteiger charge is -2.08. The SMILES string of the molecule is O=C(O)CC(O)CCc1ccc2c(c1)OCO2. The average molecular weight is 238 g/mol. The third-order valence-electron chi connectivity index (χ3n) is 2.61. The van der Waals surface area contributed by atoms with Crippen molar-refractivity contribution in [3.8, 4) is 11.5 Å². The summed E-state index contributed by atoms with van der Waals surface area (Å²) in [5, 5.41) is 17.9. The predicted octanol–water partition coefficient (Wildman–Crippen LogP) is 1.18. The van der Waals surface area contributed by atoms with Gasteiger partial charge < -0.3 is 19.7 Å². The Labute approximate surface area is 98.6 Å². The van der Waals surface area contributed by atoms with Gasteiger partial charge in [-0.1, -0.05) is 6.07 Å². The van der Waals surface area contributed by atoms with E-state index in [9.17, 15) is 9.90 Å². The number of benzene rings is 1. The highest BCUT2D eigenvalue weighted by Crippen LogP contribution is 2.32. The van der Waals surface area contributed by atoms with Crippen molar-refractivity contribution >= 4 is 5.97 Å². The van der Waals surface area contributed by atoms with E-state index in [0.29, 0.717) is 18.6 Å². The zero-order valence-corrected chi connectivity index (χ0v) is 9.26. The molecular formula is C12H14O5. The van der Waals surface area contributed by atoms with Crippen molar-refractivity contribution in [2.24, 2.45) is 0 Å². The standard InChI is InChI=1S/C12H14O5/c13-9(6-12(14)15)3-1-8-2-4-10-11(5-8)17-7-16-10/h2,4-5,9,13H,1,3,6-7H2,(H,14,15). The van der Waals surface area contributed by atoms with Crippen LogP contribution in [0, 0.1) is 0 Å². The molecule has 0 radical (unpaired) electrons. The zero-order chi connectivity index (χ0) is 12.3. The van der Waals surface area contributed by atoms with Gasteiger partial charge in [-0.25, -0.2) is 0 Å². The summed E-state index contributed by atoms with van der Waals surface area (Å²) in [6, 6.07) is 5.57. The van der Waals surface area contributed by atoms with Crippen LogP contribution in [0.25, 0.3) is 0 Å². The van der Waals surface area contributed by atoms with Crippen LogP contribution in [-0.4, -0.2) is 29.1 Å². The third kappa shape index (κ3) is 3.10. The second-order valence-electron chi connectivity index (χ2n) is 3.98. The van der Waals surface area contributed by atoms with Crippen molar-refractivity contribution in [2.45, 2.75) is 25.4 Å². The van der Waals surface area contributed by atoms with Crippen LogP contribution in [0.3, 0.4) is 0 Å². The summed E-state index contributed by atoms with van der Waals surface area (Å²) in [5.74, 6) is 0.443. The molecule has 0 aromatic heterocycles. The molecule has 0 aliphatic carbocycles. The number of hydrogen-bond acceptors (Lipinski definition) is 4. The lowest BCUT2D eigenvalue weighted by Crippen LogP contribution is -2.13. The van der Waals surface area contributed by atoms with E-state index in [1.54, 1.807) is 0 Å². The van der Waals surface area contributed by atoms with Crippen LogP contribution in [0.1, 0.15) is 18.4 Å². The first-order chi connectivity index (χ1) is 8.15. The maximum atomic E-state index is 10.4. The molecule has 1 atom stereocenters. The monoisotopic (exact) mass is 238 g/mol. The van der Waals surface area contributed by atoms with E-state index in [2.05, 4.69) is 0 Å². The maximum absolute atomic E-state index is 10.4. The molecule has 0 spiro atoms. The van der Waals surface area contributed by atoms with Crippen molar-refractivity contribution < 1.29 is 24.5 Å². The second kappa shape index (κ2) is 5.05. The van der Waals surface area contributed by atoms with Gasteiger partial charge in [0.2, 0.25) is 6.79 Å². The topological polar surface area (TPSA) is 76.0 Å². The second-order valence-corrected chi connectivity index (χ2v) is 3.98. The fraction of sp³-hybridized carbons (Fsp3) is 0.417. The van der Waals surface area contributed by atoms with Crippen molar-refractivity contribution in [2.75, 3.05) is 6.79 Å². The predicted molar refractivity (Wildman–Crippen MR) is 59.1 cm³/mol. The number of carboxylic acid groups (broad SMARTS) is 1. The normalized spacial score (nSPS) is 14.6. The van der Waals surface area contributed by atoms with Crippen LogP contribution in [0.15, 0.2) is 18.2 Å². The molecule has 1 aliphatic rings. The number of carbonyl (C=O) groups is 1. The van der Waals surface area contributed by atoms with Gasteiger partial charge in [-0.15, -0.1) is 0 Å². The Morgan fingerprint density at radius 3 is 2.88 bits per heavy atom. The smallest absolute Gasteiger partial charge is 0.305 e. The summed E-state index contributed by atoms with van der Waals surface area (Å²) in [6.45, 7) is 0.237. The molecule has 17 heavy (non-hydrogen) atoms. The number of aryl methyl sites for hydroxylation is 1. The summed E-state index contributed by atoms with van der Waals surface area (Å²) in [4.78, 5) is 10.4. The molecule has 1 unspecified atom stereocenters. The van der Waals surface area contributed by atoms with Gasteiger partial charge >= 0.3 is 5.97 Å². The van der Waals surface area contributed by atoms with Crippen LogP contribution in [0.5, 0.6) is 11.5 Å². The fourth-order valence-corrected chi connectivity index (χ4v) is 1.73. The average Bonchev–Trinajstić information content (AvgIpc) is 2.72. The highest BCUT2D eigenvalue weighted by atomic mass is 16.7. The number of rotatable bonds is 5. The molecule has 5 heteroatoms. The van der Waals surface area contributed by atoms with E-state index in [-0.39, 0.29) is 13.2 Å². The molecule has 0 saturated heterocycles. The van der Waals surface area contributed by atoms with E-state index < -0.39 is 12.1 Å². The first kappa shape index (κ1) is 11.7. The van der Waals surface area contributed by atoms with E-state index in [4.69, 9.17) is 14.6 Å². The Balaban J connectivity index is 1.89. The van der Waals surface area contributed by atoms with E-state index in [1.165, 1.54) is 0 Å². The van der Waals surface area contributed by atoms with Gasteiger partial charge in [-0.2, -0.15) is 0 Å². The molecule has 0 bridgehead atoms. The van der Waals surface area contributed by atoms with Gasteiger partial charge in [0.05, 0.1) is 12.5 Å². The van der Waals surface area contributed by atoms with Gasteiger partial charge in [0, 0.05) is 0 Å². The largest absolute Gasteiger partial charge is 0.481 e. The number of aliphatic carboxylic acids is 1. The molecule has 0 saturated carbocycles. The highest BCUT2D eigenvalue weighted by molar-refractivity contribution is 5.67. The Bertz CT molecular complexity index is 415. The van der Waals surface area contributed by atoms with Gasteiger partial charge in [0.1, 0.15) is 0 Å². The summed E-state index contributed by atoms with van der Waals surface area (Å²) >= 11 is 0. The van der Waals surface area contributed by atoms with Crippen LogP contribution < -0.4 is 9.47 Å². The minimum Gasteiger partial charge on any atom is -0.481 e. The fourth-order valence-electron chi connectivity index (χ4n) is 1.73. The van der Waals surface area contributed by atoms with Crippen LogP contribution in [-0.2, 0) is 11.2 Å². The number of ether oxygens (including phenoxy) is 2. The number of aliphatic hydroxyl groups is 1.